The molecular formula is C18H25FN4O2. The zero-order valence-electron chi connectivity index (χ0n) is 14.7. The fourth-order valence-electron chi connectivity index (χ4n) is 2.91. The second-order valence-corrected chi connectivity index (χ2v) is 6.57. The first-order chi connectivity index (χ1) is 11.9. The summed E-state index contributed by atoms with van der Waals surface area (Å²) in [5, 5.41) is 21.1. The molecule has 1 saturated heterocycles. The Hall–Kier alpha value is -2.33. The molecule has 0 aliphatic carbocycles. The number of benzene rings is 1. The molecule has 0 saturated carbocycles. The molecule has 2 unspecified atom stereocenters. The average molecular weight is 348 g/mol. The summed E-state index contributed by atoms with van der Waals surface area (Å²) in [6.07, 6.45) is 1.77. The number of urea groups is 1. The van der Waals surface area contributed by atoms with Gasteiger partial charge in [0.2, 0.25) is 0 Å². The third-order valence-electron chi connectivity index (χ3n) is 4.40. The van der Waals surface area contributed by atoms with Gasteiger partial charge in [-0.1, -0.05) is 0 Å². The average Bonchev–Trinajstić information content (AvgIpc) is 2.59. The monoisotopic (exact) mass is 348 g/mol. The molecule has 0 spiro atoms. The van der Waals surface area contributed by atoms with Gasteiger partial charge in [0, 0.05) is 32.7 Å². The summed E-state index contributed by atoms with van der Waals surface area (Å²) in [4.78, 5) is 15.7. The number of anilines is 1. The van der Waals surface area contributed by atoms with Crippen LogP contribution in [0.4, 0.5) is 14.9 Å². The molecule has 25 heavy (non-hydrogen) atoms. The van der Waals surface area contributed by atoms with E-state index in [4.69, 9.17) is 5.26 Å². The number of carbonyl (C=O) groups excluding carboxylic acids is 1. The zero-order chi connectivity index (χ0) is 18.4. The molecule has 1 aromatic carbocycles. The van der Waals surface area contributed by atoms with Crippen LogP contribution in [0.25, 0.3) is 0 Å². The number of piperidine rings is 1. The van der Waals surface area contributed by atoms with Crippen molar-refractivity contribution in [1.82, 2.24) is 10.2 Å². The van der Waals surface area contributed by atoms with E-state index in [1.54, 1.807) is 31.0 Å². The van der Waals surface area contributed by atoms with Crippen LogP contribution in [0.15, 0.2) is 18.2 Å². The summed E-state index contributed by atoms with van der Waals surface area (Å²) in [6.45, 7) is 3.41. The summed E-state index contributed by atoms with van der Waals surface area (Å²) >= 11 is 0. The number of amides is 2. The molecule has 2 rings (SSSR count). The lowest BCUT2D eigenvalue weighted by atomic mass is 10.0. The molecule has 0 bridgehead atoms. The first kappa shape index (κ1) is 19.0. The molecule has 2 atom stereocenters. The highest BCUT2D eigenvalue weighted by Crippen LogP contribution is 2.24. The van der Waals surface area contributed by atoms with Gasteiger partial charge in [0.1, 0.15) is 5.82 Å². The van der Waals surface area contributed by atoms with Gasteiger partial charge in [-0.15, -0.1) is 0 Å². The van der Waals surface area contributed by atoms with Gasteiger partial charge in [-0.05, 0) is 44.4 Å². The predicted octanol–water partition coefficient (Wildman–Crippen LogP) is 2.08. The minimum Gasteiger partial charge on any atom is -0.393 e. The molecule has 1 heterocycles. The molecule has 1 fully saturated rings. The van der Waals surface area contributed by atoms with Crippen molar-refractivity contribution in [3.8, 4) is 6.07 Å². The van der Waals surface area contributed by atoms with Crippen LogP contribution in [-0.4, -0.2) is 54.9 Å². The number of aliphatic hydroxyl groups is 1. The Balaban J connectivity index is 1.94. The van der Waals surface area contributed by atoms with Gasteiger partial charge < -0.3 is 20.2 Å². The maximum atomic E-state index is 14.2. The Kier molecular flexibility index (Phi) is 6.59. The number of nitrogens with zero attached hydrogens (tertiary/aromatic N) is 3. The summed E-state index contributed by atoms with van der Waals surface area (Å²) in [5.74, 6) is -0.417. The Morgan fingerprint density at radius 1 is 1.60 bits per heavy atom. The molecular weight excluding hydrogens is 323 g/mol. The Bertz CT molecular complexity index is 644. The largest absolute Gasteiger partial charge is 0.393 e. The maximum absolute atomic E-state index is 14.2. The number of carbonyl (C=O) groups is 1. The number of nitrogens with one attached hydrogen (secondary N) is 1. The lowest BCUT2D eigenvalue weighted by Crippen LogP contribution is -2.51. The van der Waals surface area contributed by atoms with Crippen molar-refractivity contribution >= 4 is 11.7 Å². The van der Waals surface area contributed by atoms with E-state index in [2.05, 4.69) is 5.32 Å². The number of rotatable bonds is 5. The third kappa shape index (κ3) is 5.33. The van der Waals surface area contributed by atoms with Crippen molar-refractivity contribution < 1.29 is 14.3 Å². The van der Waals surface area contributed by atoms with Gasteiger partial charge in [-0.3, -0.25) is 0 Å². The van der Waals surface area contributed by atoms with Crippen molar-refractivity contribution in [2.75, 3.05) is 31.6 Å². The fraction of sp³-hybridized carbons (Fsp3) is 0.556. The minimum absolute atomic E-state index is 0.0645. The number of hydrogen-bond donors (Lipinski definition) is 2. The van der Waals surface area contributed by atoms with Crippen LogP contribution in [0.1, 0.15) is 31.7 Å². The highest BCUT2D eigenvalue weighted by Gasteiger charge is 2.24. The minimum atomic E-state index is -0.445. The summed E-state index contributed by atoms with van der Waals surface area (Å²) in [7, 11) is 1.69. The van der Waals surface area contributed by atoms with Gasteiger partial charge in [-0.2, -0.15) is 5.26 Å². The van der Waals surface area contributed by atoms with Crippen molar-refractivity contribution in [3.63, 3.8) is 0 Å². The third-order valence-corrected chi connectivity index (χ3v) is 4.40. The Labute approximate surface area is 147 Å². The van der Waals surface area contributed by atoms with E-state index < -0.39 is 11.9 Å². The van der Waals surface area contributed by atoms with Crippen LogP contribution in [-0.2, 0) is 0 Å². The quantitative estimate of drug-likeness (QED) is 0.854. The van der Waals surface area contributed by atoms with E-state index in [0.29, 0.717) is 37.3 Å². The van der Waals surface area contributed by atoms with Crippen molar-refractivity contribution in [3.05, 3.63) is 29.6 Å². The number of aliphatic hydroxyl groups excluding tert-OH is 1. The number of hydrogen-bond acceptors (Lipinski definition) is 4. The standard InChI is InChI=1S/C18H25FN4O2/c1-13(24)7-9-22(2)18(25)21-15-4-3-8-23(12-15)17-6-5-14(11-20)10-16(17)19/h5-6,10,13,15,24H,3-4,7-9,12H2,1-2H3,(H,21,25). The van der Waals surface area contributed by atoms with E-state index in [-0.39, 0.29) is 12.1 Å². The van der Waals surface area contributed by atoms with E-state index in [1.807, 2.05) is 11.0 Å². The molecule has 7 heteroatoms. The van der Waals surface area contributed by atoms with Gasteiger partial charge in [0.05, 0.1) is 23.4 Å². The van der Waals surface area contributed by atoms with Crippen LogP contribution in [0.5, 0.6) is 0 Å². The highest BCUT2D eigenvalue weighted by atomic mass is 19.1. The smallest absolute Gasteiger partial charge is 0.317 e. The molecule has 1 aromatic rings. The summed E-state index contributed by atoms with van der Waals surface area (Å²) < 4.78 is 14.2. The van der Waals surface area contributed by atoms with Gasteiger partial charge in [0.25, 0.3) is 0 Å². The molecule has 2 N–H and O–H groups in total. The van der Waals surface area contributed by atoms with Crippen molar-refractivity contribution in [2.24, 2.45) is 0 Å². The number of halogens is 1. The molecule has 0 radical (unpaired) electrons. The topological polar surface area (TPSA) is 79.6 Å². The van der Waals surface area contributed by atoms with Crippen LogP contribution in [0.3, 0.4) is 0 Å². The maximum Gasteiger partial charge on any atom is 0.317 e. The summed E-state index contributed by atoms with van der Waals surface area (Å²) in [6, 6.07) is 6.13. The summed E-state index contributed by atoms with van der Waals surface area (Å²) in [5.41, 5.74) is 0.753. The van der Waals surface area contributed by atoms with Crippen molar-refractivity contribution in [1.29, 1.82) is 5.26 Å². The van der Waals surface area contributed by atoms with Gasteiger partial charge in [-0.25, -0.2) is 9.18 Å². The van der Waals surface area contributed by atoms with E-state index in [0.717, 1.165) is 12.8 Å². The van der Waals surface area contributed by atoms with Gasteiger partial charge >= 0.3 is 6.03 Å². The molecule has 136 valence electrons. The van der Waals surface area contributed by atoms with Crippen LogP contribution in [0.2, 0.25) is 0 Å². The zero-order valence-corrected chi connectivity index (χ0v) is 14.7. The molecule has 1 aliphatic rings. The SMILES string of the molecule is CC(O)CCN(C)C(=O)NC1CCCN(c2ccc(C#N)cc2F)C1. The Morgan fingerprint density at radius 2 is 2.36 bits per heavy atom. The molecule has 1 aliphatic heterocycles. The molecule has 0 aromatic heterocycles. The second-order valence-electron chi connectivity index (χ2n) is 6.57. The first-order valence-electron chi connectivity index (χ1n) is 8.55. The second kappa shape index (κ2) is 8.67. The van der Waals surface area contributed by atoms with Crippen LogP contribution < -0.4 is 10.2 Å². The van der Waals surface area contributed by atoms with Crippen molar-refractivity contribution in [2.45, 2.75) is 38.3 Å². The first-order valence-corrected chi connectivity index (χ1v) is 8.55. The van der Waals surface area contributed by atoms with E-state index in [1.165, 1.54) is 6.07 Å². The van der Waals surface area contributed by atoms with E-state index >= 15 is 0 Å². The normalized spacial score (nSPS) is 18.4. The van der Waals surface area contributed by atoms with Crippen LogP contribution >= 0.6 is 0 Å². The fourth-order valence-corrected chi connectivity index (χ4v) is 2.91. The lowest BCUT2D eigenvalue weighted by Gasteiger charge is -2.35. The van der Waals surface area contributed by atoms with E-state index in [9.17, 15) is 14.3 Å². The molecule has 6 nitrogen and oxygen atoms in total. The highest BCUT2D eigenvalue weighted by molar-refractivity contribution is 5.74. The van der Waals surface area contributed by atoms with Gasteiger partial charge in [0.15, 0.2) is 0 Å². The molecule has 2 amide bonds. The number of nitriles is 1. The van der Waals surface area contributed by atoms with Crippen LogP contribution in [0, 0.1) is 17.1 Å². The Morgan fingerprint density at radius 3 is 3.00 bits per heavy atom. The lowest BCUT2D eigenvalue weighted by molar-refractivity contribution is 0.162. The predicted molar refractivity (Wildman–Crippen MR) is 93.8 cm³/mol.